The molecule has 1 fully saturated rings. The zero-order chi connectivity index (χ0) is 19.6. The molecule has 9 heteroatoms. The highest BCUT2D eigenvalue weighted by Gasteiger charge is 2.22. The van der Waals surface area contributed by atoms with Gasteiger partial charge >= 0.3 is 0 Å². The fourth-order valence-electron chi connectivity index (χ4n) is 3.64. The molecule has 0 aromatic carbocycles. The Kier molecular flexibility index (Phi) is 8.50. The van der Waals surface area contributed by atoms with Gasteiger partial charge in [0.05, 0.1) is 19.8 Å². The molecule has 28 heavy (non-hydrogen) atoms. The van der Waals surface area contributed by atoms with Crippen molar-refractivity contribution in [3.8, 4) is 0 Å². The van der Waals surface area contributed by atoms with Gasteiger partial charge in [-0.15, -0.1) is 0 Å². The van der Waals surface area contributed by atoms with Gasteiger partial charge in [0.2, 0.25) is 0 Å². The molecule has 0 bridgehead atoms. The van der Waals surface area contributed by atoms with Gasteiger partial charge in [0.15, 0.2) is 11.8 Å². The van der Waals surface area contributed by atoms with Crippen LogP contribution in [0.25, 0.3) is 0 Å². The van der Waals surface area contributed by atoms with Gasteiger partial charge in [-0.1, -0.05) is 0 Å². The second-order valence-electron chi connectivity index (χ2n) is 7.36. The van der Waals surface area contributed by atoms with Crippen LogP contribution in [0.3, 0.4) is 0 Å². The van der Waals surface area contributed by atoms with Crippen molar-refractivity contribution in [1.29, 1.82) is 0 Å². The number of ether oxygens (including phenoxy) is 2. The lowest BCUT2D eigenvalue weighted by Crippen LogP contribution is -2.47. The smallest absolute Gasteiger partial charge is 0.191 e. The molecule has 158 valence electrons. The minimum Gasteiger partial charge on any atom is -0.379 e. The molecule has 1 saturated heterocycles. The first-order chi connectivity index (χ1) is 13.8. The lowest BCUT2D eigenvalue weighted by Gasteiger charge is -2.26. The quantitative estimate of drug-likeness (QED) is 0.357. The summed E-state index contributed by atoms with van der Waals surface area (Å²) in [7, 11) is 1.67. The Morgan fingerprint density at radius 3 is 2.96 bits per heavy atom. The van der Waals surface area contributed by atoms with E-state index in [0.29, 0.717) is 12.6 Å². The molecular formula is C19H35N7O2. The van der Waals surface area contributed by atoms with Crippen LogP contribution in [0.1, 0.15) is 37.8 Å². The summed E-state index contributed by atoms with van der Waals surface area (Å²) in [4.78, 5) is 11.8. The molecular weight excluding hydrogens is 358 g/mol. The predicted octanol–water partition coefficient (Wildman–Crippen LogP) is 0.407. The number of rotatable bonds is 9. The summed E-state index contributed by atoms with van der Waals surface area (Å²) in [5.41, 5.74) is 0. The summed E-state index contributed by atoms with van der Waals surface area (Å²) in [6.07, 6.45) is 4.24. The number of aliphatic imine (C=N–C) groups is 1. The number of hydrogen-bond acceptors (Lipinski definition) is 6. The number of methoxy groups -OCH3 is 1. The summed E-state index contributed by atoms with van der Waals surface area (Å²) in [5, 5.41) is 11.5. The predicted molar refractivity (Wildman–Crippen MR) is 108 cm³/mol. The first-order valence-electron chi connectivity index (χ1n) is 10.5. The number of hydrogen-bond donors (Lipinski definition) is 2. The third-order valence-electron chi connectivity index (χ3n) is 5.12. The van der Waals surface area contributed by atoms with Gasteiger partial charge in [-0.2, -0.15) is 5.10 Å². The number of aromatic nitrogens is 3. The zero-order valence-electron chi connectivity index (χ0n) is 17.3. The fourth-order valence-corrected chi connectivity index (χ4v) is 3.64. The second kappa shape index (κ2) is 11.3. The van der Waals surface area contributed by atoms with Crippen LogP contribution < -0.4 is 10.6 Å². The van der Waals surface area contributed by atoms with Crippen molar-refractivity contribution in [2.75, 3.05) is 53.0 Å². The Balaban J connectivity index is 1.42. The van der Waals surface area contributed by atoms with Crippen LogP contribution in [0.4, 0.5) is 0 Å². The number of nitrogens with zero attached hydrogens (tertiary/aromatic N) is 5. The molecule has 0 spiro atoms. The molecule has 1 atom stereocenters. The topological polar surface area (TPSA) is 88.8 Å². The van der Waals surface area contributed by atoms with E-state index in [1.807, 2.05) is 4.68 Å². The third kappa shape index (κ3) is 6.42. The van der Waals surface area contributed by atoms with E-state index in [-0.39, 0.29) is 0 Å². The highest BCUT2D eigenvalue weighted by atomic mass is 16.5. The maximum absolute atomic E-state index is 5.40. The first-order valence-corrected chi connectivity index (χ1v) is 10.5. The Hall–Kier alpha value is -1.71. The third-order valence-corrected chi connectivity index (χ3v) is 5.12. The number of aryl methyl sites for hydroxylation is 1. The average molecular weight is 394 g/mol. The van der Waals surface area contributed by atoms with Gasteiger partial charge in [-0.3, -0.25) is 9.89 Å². The van der Waals surface area contributed by atoms with Gasteiger partial charge in [0.1, 0.15) is 12.4 Å². The van der Waals surface area contributed by atoms with Crippen molar-refractivity contribution in [1.82, 2.24) is 30.3 Å². The molecule has 9 nitrogen and oxygen atoms in total. The largest absolute Gasteiger partial charge is 0.379 e. The molecule has 1 aromatic heterocycles. The number of fused-ring (bicyclic) bond motifs is 1. The van der Waals surface area contributed by atoms with Crippen LogP contribution in [0.2, 0.25) is 0 Å². The van der Waals surface area contributed by atoms with E-state index in [1.54, 1.807) is 7.11 Å². The Labute approximate surface area is 167 Å². The molecule has 2 N–H and O–H groups in total. The van der Waals surface area contributed by atoms with Crippen molar-refractivity contribution >= 4 is 5.96 Å². The van der Waals surface area contributed by atoms with Gasteiger partial charge < -0.3 is 20.1 Å². The summed E-state index contributed by atoms with van der Waals surface area (Å²) < 4.78 is 12.5. The van der Waals surface area contributed by atoms with Crippen LogP contribution in [0.5, 0.6) is 0 Å². The Morgan fingerprint density at radius 2 is 2.18 bits per heavy atom. The van der Waals surface area contributed by atoms with Crippen molar-refractivity contribution < 1.29 is 9.47 Å². The number of unbranched alkanes of at least 4 members (excludes halogenated alkanes) is 1. The van der Waals surface area contributed by atoms with Crippen LogP contribution in [-0.4, -0.2) is 84.7 Å². The fraction of sp³-hybridized carbons (Fsp3) is 0.842. The number of guanidine groups is 1. The van der Waals surface area contributed by atoms with Crippen molar-refractivity contribution in [3.05, 3.63) is 11.6 Å². The first kappa shape index (κ1) is 21.0. The standard InChI is InChI=1S/C19H35N7O2/c1-3-20-19(21-8-4-5-9-25-10-12-28-13-11-25)22-16-6-7-18-23-17(15-27-2)24-26(18)14-16/h16H,3-15H2,1-2H3,(H2,20,21,22). The van der Waals surface area contributed by atoms with E-state index in [4.69, 9.17) is 14.5 Å². The van der Waals surface area contributed by atoms with Crippen LogP contribution in [-0.2, 0) is 29.0 Å². The molecule has 0 radical (unpaired) electrons. The van der Waals surface area contributed by atoms with Crippen LogP contribution in [0, 0.1) is 0 Å². The second-order valence-corrected chi connectivity index (χ2v) is 7.36. The molecule has 1 unspecified atom stereocenters. The summed E-state index contributed by atoms with van der Waals surface area (Å²) in [5.74, 6) is 2.72. The number of nitrogens with one attached hydrogen (secondary N) is 2. The van der Waals surface area contributed by atoms with Crippen molar-refractivity contribution in [2.45, 2.75) is 51.8 Å². The highest BCUT2D eigenvalue weighted by Crippen LogP contribution is 2.13. The van der Waals surface area contributed by atoms with Crippen LogP contribution >= 0.6 is 0 Å². The van der Waals surface area contributed by atoms with E-state index in [2.05, 4.69) is 32.5 Å². The van der Waals surface area contributed by atoms with Gasteiger partial charge in [-0.05, 0) is 32.7 Å². The van der Waals surface area contributed by atoms with Gasteiger partial charge in [0.25, 0.3) is 0 Å². The summed E-state index contributed by atoms with van der Waals surface area (Å²) in [6, 6.07) is 0.316. The van der Waals surface area contributed by atoms with E-state index >= 15 is 0 Å². The molecule has 3 heterocycles. The van der Waals surface area contributed by atoms with Crippen molar-refractivity contribution in [3.63, 3.8) is 0 Å². The minimum absolute atomic E-state index is 0.316. The minimum atomic E-state index is 0.316. The highest BCUT2D eigenvalue weighted by molar-refractivity contribution is 5.80. The van der Waals surface area contributed by atoms with Crippen LogP contribution in [0.15, 0.2) is 4.99 Å². The Morgan fingerprint density at radius 1 is 1.32 bits per heavy atom. The Bertz CT molecular complexity index is 613. The van der Waals surface area contributed by atoms with E-state index in [1.165, 1.54) is 6.42 Å². The van der Waals surface area contributed by atoms with Crippen molar-refractivity contribution in [2.24, 2.45) is 4.99 Å². The molecule has 0 amide bonds. The molecule has 2 aliphatic heterocycles. The normalized spacial score (nSPS) is 20.8. The zero-order valence-corrected chi connectivity index (χ0v) is 17.3. The molecule has 0 saturated carbocycles. The van der Waals surface area contributed by atoms with Gasteiger partial charge in [-0.25, -0.2) is 9.67 Å². The lowest BCUT2D eigenvalue weighted by molar-refractivity contribution is 0.0373. The maximum atomic E-state index is 5.40. The molecule has 1 aromatic rings. The van der Waals surface area contributed by atoms with E-state index in [9.17, 15) is 0 Å². The van der Waals surface area contributed by atoms with E-state index in [0.717, 1.165) is 89.4 Å². The lowest BCUT2D eigenvalue weighted by atomic mass is 10.1. The summed E-state index contributed by atoms with van der Waals surface area (Å²) in [6.45, 7) is 10.1. The average Bonchev–Trinajstić information content (AvgIpc) is 3.10. The molecule has 2 aliphatic rings. The van der Waals surface area contributed by atoms with Gasteiger partial charge in [0, 0.05) is 45.8 Å². The summed E-state index contributed by atoms with van der Waals surface area (Å²) >= 11 is 0. The number of morpholine rings is 1. The maximum Gasteiger partial charge on any atom is 0.191 e. The molecule has 0 aliphatic carbocycles. The van der Waals surface area contributed by atoms with E-state index < -0.39 is 0 Å². The monoisotopic (exact) mass is 393 g/mol. The SMILES string of the molecule is CCNC(=NCCCCN1CCOCC1)NC1CCc2nc(COC)nn2C1. The molecule has 3 rings (SSSR count).